The molecule has 15 heavy (non-hydrogen) atoms. The highest BCUT2D eigenvalue weighted by molar-refractivity contribution is 7.45. The van der Waals surface area contributed by atoms with Gasteiger partial charge in [0, 0.05) is 6.51 Å². The molecule has 0 aromatic rings. The third-order valence-corrected chi connectivity index (χ3v) is 2.54. The Bertz CT molecular complexity index is 229. The monoisotopic (exact) mass is 237 g/mol. The minimum atomic E-state index is -4.09. The van der Waals surface area contributed by atoms with E-state index in [2.05, 4.69) is 4.52 Å². The second-order valence-corrected chi connectivity index (χ2v) is 6.39. The van der Waals surface area contributed by atoms with Gasteiger partial charge in [0.05, 0.1) is 21.1 Å². The Balaban J connectivity index is 3.79. The fourth-order valence-corrected chi connectivity index (χ4v) is 1.56. The van der Waals surface area contributed by atoms with Crippen LogP contribution in [0.15, 0.2) is 0 Å². The van der Waals surface area contributed by atoms with Gasteiger partial charge < -0.3 is 18.4 Å². The van der Waals surface area contributed by atoms with Crippen LogP contribution in [-0.2, 0) is 13.6 Å². The van der Waals surface area contributed by atoms with Gasteiger partial charge in [-0.25, -0.2) is 0 Å². The van der Waals surface area contributed by atoms with E-state index in [9.17, 15) is 9.46 Å². The molecule has 0 bridgehead atoms. The van der Waals surface area contributed by atoms with Gasteiger partial charge in [0.1, 0.15) is 13.2 Å². The van der Waals surface area contributed by atoms with Crippen LogP contribution in [0, 0.1) is 0 Å². The van der Waals surface area contributed by atoms with E-state index in [1.54, 1.807) is 0 Å². The molecule has 0 aromatic carbocycles. The highest BCUT2D eigenvalue weighted by Gasteiger charge is 2.14. The zero-order valence-electron chi connectivity index (χ0n) is 10.2. The molecule has 0 spiro atoms. The number of likely N-dealkylation sites (N-methyl/N-ethyl adjacent to an activating group) is 1. The van der Waals surface area contributed by atoms with E-state index in [0.29, 0.717) is 11.0 Å². The van der Waals surface area contributed by atoms with Crippen molar-refractivity contribution in [1.29, 1.82) is 0 Å². The van der Waals surface area contributed by atoms with Crippen LogP contribution in [0.3, 0.4) is 0 Å². The average molecular weight is 237 g/mol. The van der Waals surface area contributed by atoms with Crippen LogP contribution in [0.4, 0.5) is 0 Å². The maximum Gasteiger partial charge on any atom is 0.267 e. The second kappa shape index (κ2) is 6.02. The number of nitrogens with zero attached hydrogens (tertiary/aromatic N) is 1. The lowest BCUT2D eigenvalue weighted by atomic mass is 9.56. The molecule has 0 aliphatic rings. The fraction of sp³-hybridized carbons (Fsp3) is 1.00. The molecule has 90 valence electrons. The van der Waals surface area contributed by atoms with E-state index >= 15 is 0 Å². The molecule has 0 aromatic heterocycles. The van der Waals surface area contributed by atoms with Crippen molar-refractivity contribution in [3.63, 3.8) is 0 Å². The first-order chi connectivity index (χ1) is 6.62. The minimum Gasteiger partial charge on any atom is -0.756 e. The lowest BCUT2D eigenvalue weighted by molar-refractivity contribution is -0.870. The van der Waals surface area contributed by atoms with Crippen molar-refractivity contribution in [2.24, 2.45) is 0 Å². The quantitative estimate of drug-likeness (QED) is 0.367. The Morgan fingerprint density at radius 2 is 1.80 bits per heavy atom. The highest BCUT2D eigenvalue weighted by atomic mass is 31.2. The number of phosphoric acid groups is 1. The number of hydrogen-bond acceptors (Lipinski definition) is 4. The summed E-state index contributed by atoms with van der Waals surface area (Å²) in [7, 11) is 1.81. The normalized spacial score (nSPS) is 16.1. The fourth-order valence-electron chi connectivity index (χ4n) is 0.704. The van der Waals surface area contributed by atoms with Gasteiger partial charge >= 0.3 is 0 Å². The van der Waals surface area contributed by atoms with Gasteiger partial charge in [0.25, 0.3) is 7.82 Å². The predicted octanol–water partition coefficient (Wildman–Crippen LogP) is 0.488. The number of quaternary nitrogens is 1. The van der Waals surface area contributed by atoms with Crippen LogP contribution < -0.4 is 4.89 Å². The summed E-state index contributed by atoms with van der Waals surface area (Å²) in [6.07, 6.45) is 0. The molecule has 0 rings (SSSR count). The SMILES string of the molecule is CB(C)COP(=O)([O-])OCC[N+](C)(C)C. The standard InChI is InChI=1S/C8H21BNO4P/c1-9(2)8-14-15(11,12)13-7-6-10(3,4)5/h6-8H2,1-5H3. The van der Waals surface area contributed by atoms with Crippen molar-refractivity contribution < 1.29 is 23.0 Å². The second-order valence-electron chi connectivity index (χ2n) is 4.98. The molecule has 1 unspecified atom stereocenters. The molecule has 0 amide bonds. The third-order valence-electron chi connectivity index (χ3n) is 1.58. The molecule has 0 radical (unpaired) electrons. The Labute approximate surface area is 92.7 Å². The van der Waals surface area contributed by atoms with E-state index in [1.807, 2.05) is 34.8 Å². The van der Waals surface area contributed by atoms with Gasteiger partial charge in [0.2, 0.25) is 0 Å². The molecule has 5 nitrogen and oxygen atoms in total. The molecule has 0 fully saturated rings. The summed E-state index contributed by atoms with van der Waals surface area (Å²) in [6.45, 7) is 4.89. The smallest absolute Gasteiger partial charge is 0.267 e. The number of phosphoric ester groups is 1. The van der Waals surface area contributed by atoms with Crippen LogP contribution in [0.1, 0.15) is 0 Å². The summed E-state index contributed by atoms with van der Waals surface area (Å²) in [5.74, 6) is 0. The summed E-state index contributed by atoms with van der Waals surface area (Å²) in [5, 5.41) is 0. The first-order valence-corrected chi connectivity index (χ1v) is 6.49. The van der Waals surface area contributed by atoms with Crippen molar-refractivity contribution in [1.82, 2.24) is 0 Å². The van der Waals surface area contributed by atoms with E-state index < -0.39 is 7.82 Å². The van der Waals surface area contributed by atoms with Crippen LogP contribution in [0.25, 0.3) is 0 Å². The maximum absolute atomic E-state index is 11.2. The minimum absolute atomic E-state index is 0.155. The van der Waals surface area contributed by atoms with Crippen LogP contribution >= 0.6 is 7.82 Å². The van der Waals surface area contributed by atoms with Crippen molar-refractivity contribution in [2.75, 3.05) is 40.8 Å². The number of rotatable bonds is 7. The van der Waals surface area contributed by atoms with Gasteiger partial charge in [-0.1, -0.05) is 13.6 Å². The summed E-state index contributed by atoms with van der Waals surface area (Å²) < 4.78 is 21.2. The third kappa shape index (κ3) is 10.4. The van der Waals surface area contributed by atoms with E-state index in [1.165, 1.54) is 0 Å². The summed E-state index contributed by atoms with van der Waals surface area (Å²) in [4.78, 5) is 11.2. The van der Waals surface area contributed by atoms with Gasteiger partial charge in [-0.3, -0.25) is 4.57 Å². The van der Waals surface area contributed by atoms with Crippen LogP contribution in [0.5, 0.6) is 0 Å². The van der Waals surface area contributed by atoms with E-state index in [0.717, 1.165) is 0 Å². The Morgan fingerprint density at radius 3 is 2.20 bits per heavy atom. The largest absolute Gasteiger partial charge is 0.756 e. The van der Waals surface area contributed by atoms with Gasteiger partial charge in [-0.05, 0) is 0 Å². The first kappa shape index (κ1) is 15.1. The van der Waals surface area contributed by atoms with Crippen molar-refractivity contribution in [2.45, 2.75) is 13.6 Å². The summed E-state index contributed by atoms with van der Waals surface area (Å²) in [5.41, 5.74) is 0. The molecule has 0 aliphatic carbocycles. The topological polar surface area (TPSA) is 58.6 Å². The highest BCUT2D eigenvalue weighted by Crippen LogP contribution is 2.37. The molecular formula is C8H21BNO4P. The van der Waals surface area contributed by atoms with E-state index in [4.69, 9.17) is 4.52 Å². The van der Waals surface area contributed by atoms with Crippen molar-refractivity contribution >= 4 is 14.5 Å². The Hall–Kier alpha value is 0.135. The maximum atomic E-state index is 11.2. The molecule has 0 N–H and O–H groups in total. The summed E-state index contributed by atoms with van der Waals surface area (Å²) in [6, 6.07) is 0. The lowest BCUT2D eigenvalue weighted by Crippen LogP contribution is -2.37. The Kier molecular flexibility index (Phi) is 6.07. The van der Waals surface area contributed by atoms with Gasteiger partial charge in [-0.2, -0.15) is 0 Å². The molecule has 1 atom stereocenters. The average Bonchev–Trinajstić information content (AvgIpc) is 1.98. The van der Waals surface area contributed by atoms with Crippen molar-refractivity contribution in [3.05, 3.63) is 0 Å². The van der Waals surface area contributed by atoms with Crippen molar-refractivity contribution in [3.8, 4) is 0 Å². The summed E-state index contributed by atoms with van der Waals surface area (Å²) >= 11 is 0. The molecular weight excluding hydrogens is 216 g/mol. The molecule has 0 heterocycles. The van der Waals surface area contributed by atoms with Gasteiger partial charge in [0.15, 0.2) is 6.71 Å². The predicted molar refractivity (Wildman–Crippen MR) is 59.9 cm³/mol. The number of hydrogen-bond donors (Lipinski definition) is 0. The van der Waals surface area contributed by atoms with Crippen LogP contribution in [0.2, 0.25) is 13.6 Å². The zero-order chi connectivity index (χ0) is 12.1. The van der Waals surface area contributed by atoms with Gasteiger partial charge in [-0.15, -0.1) is 0 Å². The molecule has 0 saturated carbocycles. The molecule has 0 aliphatic heterocycles. The Morgan fingerprint density at radius 1 is 1.27 bits per heavy atom. The lowest BCUT2D eigenvalue weighted by Gasteiger charge is -2.27. The first-order valence-electron chi connectivity index (χ1n) is 5.03. The zero-order valence-corrected chi connectivity index (χ0v) is 11.1. The molecule has 7 heteroatoms. The molecule has 0 saturated heterocycles. The van der Waals surface area contributed by atoms with Crippen LogP contribution in [-0.4, -0.2) is 52.0 Å². The van der Waals surface area contributed by atoms with E-state index in [-0.39, 0.29) is 19.8 Å².